The number of hydrogen-bond acceptors (Lipinski definition) is 4. The highest BCUT2D eigenvalue weighted by molar-refractivity contribution is 5.85. The first-order valence-electron chi connectivity index (χ1n) is 7.43. The van der Waals surface area contributed by atoms with E-state index in [4.69, 9.17) is 0 Å². The highest BCUT2D eigenvalue weighted by Crippen LogP contribution is 2.35. The topological polar surface area (TPSA) is 82.1 Å². The Morgan fingerprint density at radius 3 is 2.50 bits per heavy atom. The second-order valence-electron chi connectivity index (χ2n) is 6.10. The van der Waals surface area contributed by atoms with Crippen molar-refractivity contribution in [2.45, 2.75) is 31.3 Å². The van der Waals surface area contributed by atoms with Crippen LogP contribution in [-0.2, 0) is 18.9 Å². The fraction of sp³-hybridized carbons (Fsp3) is 0.571. The largest absolute Gasteiger partial charge is 0.338 e. The Bertz CT molecular complexity index is 902. The molecule has 0 aromatic carbocycles. The van der Waals surface area contributed by atoms with Crippen molar-refractivity contribution in [2.24, 2.45) is 14.1 Å². The Balaban J connectivity index is 1.88. The average Bonchev–Trinajstić information content (AvgIpc) is 3.14. The van der Waals surface area contributed by atoms with E-state index in [1.165, 1.54) is 17.9 Å². The molecule has 3 heterocycles. The summed E-state index contributed by atoms with van der Waals surface area (Å²) in [7, 11) is 3.02. The molecule has 22 heavy (non-hydrogen) atoms. The van der Waals surface area contributed by atoms with Crippen LogP contribution in [0.25, 0.3) is 11.2 Å². The summed E-state index contributed by atoms with van der Waals surface area (Å²) in [6.07, 6.45) is 4.32. The second-order valence-corrected chi connectivity index (χ2v) is 6.10. The van der Waals surface area contributed by atoms with Gasteiger partial charge < -0.3 is 9.47 Å². The van der Waals surface area contributed by atoms with Crippen LogP contribution in [-0.4, -0.2) is 42.1 Å². The van der Waals surface area contributed by atoms with Crippen LogP contribution in [0.4, 0.5) is 0 Å². The van der Waals surface area contributed by atoms with Crippen molar-refractivity contribution in [3.8, 4) is 0 Å². The molecule has 1 aliphatic carbocycles. The third kappa shape index (κ3) is 1.63. The SMILES string of the molecule is Cn1c(=O)c2c(ncn2C2CCN(C3CC3)C2=O)n(C)c1=O. The quantitative estimate of drug-likeness (QED) is 0.739. The lowest BCUT2D eigenvalue weighted by Crippen LogP contribution is -2.38. The molecule has 2 aromatic rings. The van der Waals surface area contributed by atoms with Gasteiger partial charge in [0.05, 0.1) is 6.33 Å². The zero-order valence-corrected chi connectivity index (χ0v) is 12.5. The zero-order valence-electron chi connectivity index (χ0n) is 12.5. The van der Waals surface area contributed by atoms with Gasteiger partial charge in [-0.3, -0.25) is 18.7 Å². The fourth-order valence-corrected chi connectivity index (χ4v) is 3.29. The molecule has 1 saturated heterocycles. The number of likely N-dealkylation sites (tertiary alicyclic amines) is 1. The smallest absolute Gasteiger partial charge is 0.332 e. The van der Waals surface area contributed by atoms with E-state index >= 15 is 0 Å². The van der Waals surface area contributed by atoms with Gasteiger partial charge in [-0.15, -0.1) is 0 Å². The molecule has 1 amide bonds. The van der Waals surface area contributed by atoms with Gasteiger partial charge in [-0.2, -0.15) is 0 Å². The molecular weight excluding hydrogens is 286 g/mol. The van der Waals surface area contributed by atoms with Crippen molar-refractivity contribution in [1.82, 2.24) is 23.6 Å². The van der Waals surface area contributed by atoms with E-state index in [1.54, 1.807) is 11.6 Å². The maximum atomic E-state index is 12.6. The van der Waals surface area contributed by atoms with Crippen molar-refractivity contribution < 1.29 is 4.79 Å². The van der Waals surface area contributed by atoms with E-state index in [9.17, 15) is 14.4 Å². The molecule has 2 fully saturated rings. The first-order valence-corrected chi connectivity index (χ1v) is 7.43. The maximum Gasteiger partial charge on any atom is 0.332 e. The van der Waals surface area contributed by atoms with Crippen molar-refractivity contribution >= 4 is 17.1 Å². The molecule has 0 bridgehead atoms. The van der Waals surface area contributed by atoms with Crippen LogP contribution in [0, 0.1) is 0 Å². The molecule has 0 N–H and O–H groups in total. The van der Waals surface area contributed by atoms with E-state index in [2.05, 4.69) is 4.98 Å². The molecule has 4 rings (SSSR count). The summed E-state index contributed by atoms with van der Waals surface area (Å²) in [5.41, 5.74) is -0.181. The van der Waals surface area contributed by atoms with Gasteiger partial charge in [-0.25, -0.2) is 9.78 Å². The number of carbonyl (C=O) groups is 1. The molecule has 0 radical (unpaired) electrons. The normalized spacial score (nSPS) is 22.0. The van der Waals surface area contributed by atoms with Crippen molar-refractivity contribution in [3.63, 3.8) is 0 Å². The maximum absolute atomic E-state index is 12.6. The number of carbonyl (C=O) groups excluding carboxylic acids is 1. The molecular formula is C14H17N5O3. The summed E-state index contributed by atoms with van der Waals surface area (Å²) in [6.45, 7) is 0.722. The lowest BCUT2D eigenvalue weighted by molar-refractivity contribution is -0.130. The lowest BCUT2D eigenvalue weighted by atomic mass is 10.2. The van der Waals surface area contributed by atoms with E-state index < -0.39 is 17.3 Å². The number of aryl methyl sites for hydroxylation is 1. The van der Waals surface area contributed by atoms with Gasteiger partial charge in [-0.05, 0) is 19.3 Å². The van der Waals surface area contributed by atoms with Crippen LogP contribution in [0.5, 0.6) is 0 Å². The predicted octanol–water partition coefficient (Wildman–Crippen LogP) is -0.630. The number of aromatic nitrogens is 4. The summed E-state index contributed by atoms with van der Waals surface area (Å²) in [5.74, 6) is 0.0534. The minimum absolute atomic E-state index is 0.0534. The third-order valence-electron chi connectivity index (χ3n) is 4.71. The van der Waals surface area contributed by atoms with Crippen LogP contribution in [0.1, 0.15) is 25.3 Å². The van der Waals surface area contributed by atoms with E-state index in [1.807, 2.05) is 4.90 Å². The number of fused-ring (bicyclic) bond motifs is 1. The Morgan fingerprint density at radius 1 is 1.09 bits per heavy atom. The molecule has 2 aromatic heterocycles. The highest BCUT2D eigenvalue weighted by atomic mass is 16.2. The standard InChI is InChI=1S/C14H17N5O3/c1-16-11-10(13(21)17(2)14(16)22)19(7-15-11)9-5-6-18(12(9)20)8-3-4-8/h7-9H,3-6H2,1-2H3. The van der Waals surface area contributed by atoms with Gasteiger partial charge in [0.15, 0.2) is 11.2 Å². The van der Waals surface area contributed by atoms with E-state index in [0.717, 1.165) is 24.0 Å². The van der Waals surface area contributed by atoms with Crippen LogP contribution in [0.2, 0.25) is 0 Å². The molecule has 1 unspecified atom stereocenters. The Kier molecular flexibility index (Phi) is 2.60. The van der Waals surface area contributed by atoms with Crippen LogP contribution in [0.15, 0.2) is 15.9 Å². The summed E-state index contributed by atoms with van der Waals surface area (Å²) in [4.78, 5) is 43.1. The van der Waals surface area contributed by atoms with Gasteiger partial charge in [0, 0.05) is 26.7 Å². The minimum atomic E-state index is -0.417. The van der Waals surface area contributed by atoms with Gasteiger partial charge >= 0.3 is 5.69 Å². The molecule has 8 heteroatoms. The number of amides is 1. The van der Waals surface area contributed by atoms with Crippen molar-refractivity contribution in [3.05, 3.63) is 27.2 Å². The molecule has 1 aliphatic heterocycles. The number of nitrogens with zero attached hydrogens (tertiary/aromatic N) is 5. The summed E-state index contributed by atoms with van der Waals surface area (Å²) in [6, 6.07) is -0.0183. The Labute approximate surface area is 125 Å². The monoisotopic (exact) mass is 303 g/mol. The highest BCUT2D eigenvalue weighted by Gasteiger charge is 2.41. The van der Waals surface area contributed by atoms with Gasteiger partial charge in [0.2, 0.25) is 5.91 Å². The Morgan fingerprint density at radius 2 is 1.82 bits per heavy atom. The first kappa shape index (κ1) is 13.3. The van der Waals surface area contributed by atoms with Gasteiger partial charge in [0.1, 0.15) is 6.04 Å². The second kappa shape index (κ2) is 4.31. The lowest BCUT2D eigenvalue weighted by Gasteiger charge is -2.16. The van der Waals surface area contributed by atoms with Gasteiger partial charge in [-0.1, -0.05) is 0 Å². The van der Waals surface area contributed by atoms with Crippen molar-refractivity contribution in [1.29, 1.82) is 0 Å². The number of rotatable bonds is 2. The molecule has 1 atom stereocenters. The molecule has 116 valence electrons. The first-order chi connectivity index (χ1) is 10.5. The third-order valence-corrected chi connectivity index (χ3v) is 4.71. The summed E-state index contributed by atoms with van der Waals surface area (Å²) in [5, 5.41) is 0. The molecule has 2 aliphatic rings. The number of imidazole rings is 1. The van der Waals surface area contributed by atoms with Crippen LogP contribution >= 0.6 is 0 Å². The number of hydrogen-bond donors (Lipinski definition) is 0. The fourth-order valence-electron chi connectivity index (χ4n) is 3.29. The Hall–Kier alpha value is -2.38. The zero-order chi connectivity index (χ0) is 15.6. The van der Waals surface area contributed by atoms with Crippen molar-refractivity contribution in [2.75, 3.05) is 6.54 Å². The summed E-state index contributed by atoms with van der Waals surface area (Å²) < 4.78 is 4.03. The van der Waals surface area contributed by atoms with E-state index in [-0.39, 0.29) is 5.91 Å². The molecule has 8 nitrogen and oxygen atoms in total. The van der Waals surface area contributed by atoms with E-state index in [0.29, 0.717) is 23.6 Å². The molecule has 1 saturated carbocycles. The minimum Gasteiger partial charge on any atom is -0.338 e. The average molecular weight is 303 g/mol. The van der Waals surface area contributed by atoms with Crippen LogP contribution in [0.3, 0.4) is 0 Å². The molecule has 0 spiro atoms. The predicted molar refractivity (Wildman–Crippen MR) is 78.6 cm³/mol. The summed E-state index contributed by atoms with van der Waals surface area (Å²) >= 11 is 0. The van der Waals surface area contributed by atoms with Gasteiger partial charge in [0.25, 0.3) is 5.56 Å². The van der Waals surface area contributed by atoms with Crippen LogP contribution < -0.4 is 11.2 Å².